The second-order valence-corrected chi connectivity index (χ2v) is 7.90. The second-order valence-electron chi connectivity index (χ2n) is 5.35. The predicted molar refractivity (Wildman–Crippen MR) is 104 cm³/mol. The first-order chi connectivity index (χ1) is 12.0. The van der Waals surface area contributed by atoms with Gasteiger partial charge >= 0.3 is 0 Å². The van der Waals surface area contributed by atoms with Crippen LogP contribution in [0, 0.1) is 10.1 Å². The van der Waals surface area contributed by atoms with Crippen molar-refractivity contribution in [1.29, 1.82) is 0 Å². The highest BCUT2D eigenvalue weighted by molar-refractivity contribution is 8.39. The van der Waals surface area contributed by atoms with Crippen molar-refractivity contribution in [3.63, 3.8) is 0 Å². The predicted octanol–water partition coefficient (Wildman–Crippen LogP) is 4.59. The Morgan fingerprint density at radius 1 is 1.28 bits per heavy atom. The fourth-order valence-electron chi connectivity index (χ4n) is 2.19. The minimum atomic E-state index is -0.472. The summed E-state index contributed by atoms with van der Waals surface area (Å²) in [5.74, 6) is 0.680. The molecule has 6 nitrogen and oxygen atoms in total. The van der Waals surface area contributed by atoms with Crippen LogP contribution in [0.2, 0.25) is 0 Å². The molecule has 2 aromatic carbocycles. The Kier molecular flexibility index (Phi) is 5.40. The number of nitro groups is 1. The number of hydrogen-bond acceptors (Lipinski definition) is 6. The van der Waals surface area contributed by atoms with Crippen molar-refractivity contribution < 1.29 is 9.72 Å². The van der Waals surface area contributed by atoms with Crippen molar-refractivity contribution in [3.05, 3.63) is 64.2 Å². The molecule has 1 N–H and O–H groups in total. The summed E-state index contributed by atoms with van der Waals surface area (Å²) in [6.45, 7) is 1.81. The van der Waals surface area contributed by atoms with Crippen LogP contribution in [0.4, 0.5) is 17.1 Å². The lowest BCUT2D eigenvalue weighted by atomic mass is 10.2. The SMILES string of the molecule is CC(SC1=Nc2ccccc2CS1)C(=O)Nc1ccc([N+](=O)[O-])cc1. The number of rotatable bonds is 4. The molecule has 1 aliphatic heterocycles. The van der Waals surface area contributed by atoms with Crippen LogP contribution in [-0.4, -0.2) is 20.5 Å². The Morgan fingerprint density at radius 3 is 2.72 bits per heavy atom. The summed E-state index contributed by atoms with van der Waals surface area (Å²) < 4.78 is 0.866. The van der Waals surface area contributed by atoms with Gasteiger partial charge in [0.2, 0.25) is 5.91 Å². The van der Waals surface area contributed by atoms with E-state index in [1.54, 1.807) is 11.8 Å². The number of fused-ring (bicyclic) bond motifs is 1. The molecule has 2 aromatic rings. The molecule has 0 saturated carbocycles. The Hall–Kier alpha value is -2.32. The number of para-hydroxylation sites is 1. The minimum Gasteiger partial charge on any atom is -0.325 e. The number of benzene rings is 2. The minimum absolute atomic E-state index is 0.00736. The number of non-ortho nitro benzene ring substituents is 1. The molecule has 0 saturated heterocycles. The number of nitro benzene ring substituents is 1. The normalized spacial score (nSPS) is 14.2. The summed E-state index contributed by atoms with van der Waals surface area (Å²) >= 11 is 3.03. The van der Waals surface area contributed by atoms with Gasteiger partial charge in [-0.1, -0.05) is 41.7 Å². The maximum Gasteiger partial charge on any atom is 0.269 e. The zero-order valence-corrected chi connectivity index (χ0v) is 15.0. The van der Waals surface area contributed by atoms with Crippen LogP contribution in [0.25, 0.3) is 0 Å². The van der Waals surface area contributed by atoms with E-state index in [0.717, 1.165) is 15.8 Å². The van der Waals surface area contributed by atoms with Crippen LogP contribution in [0.3, 0.4) is 0 Å². The average Bonchev–Trinajstić information content (AvgIpc) is 2.62. The summed E-state index contributed by atoms with van der Waals surface area (Å²) in [5, 5.41) is 13.1. The van der Waals surface area contributed by atoms with Crippen molar-refractivity contribution in [3.8, 4) is 0 Å². The molecule has 25 heavy (non-hydrogen) atoms. The van der Waals surface area contributed by atoms with E-state index in [0.29, 0.717) is 5.69 Å². The highest BCUT2D eigenvalue weighted by atomic mass is 32.2. The fourth-order valence-corrected chi connectivity index (χ4v) is 4.37. The van der Waals surface area contributed by atoms with Crippen molar-refractivity contribution >= 4 is 50.9 Å². The van der Waals surface area contributed by atoms with Crippen molar-refractivity contribution in [2.45, 2.75) is 17.9 Å². The molecule has 0 radical (unpaired) electrons. The zero-order chi connectivity index (χ0) is 17.8. The molecule has 3 rings (SSSR count). The molecule has 0 aromatic heterocycles. The summed E-state index contributed by atoms with van der Waals surface area (Å²) in [6, 6.07) is 13.7. The average molecular weight is 373 g/mol. The van der Waals surface area contributed by atoms with E-state index in [2.05, 4.69) is 16.4 Å². The molecule has 1 amide bonds. The number of amides is 1. The van der Waals surface area contributed by atoms with Gasteiger partial charge < -0.3 is 5.32 Å². The number of carbonyl (C=O) groups is 1. The van der Waals surface area contributed by atoms with Gasteiger partial charge in [-0.15, -0.1) is 0 Å². The van der Waals surface area contributed by atoms with Crippen molar-refractivity contribution in [2.75, 3.05) is 5.32 Å². The van der Waals surface area contributed by atoms with E-state index >= 15 is 0 Å². The largest absolute Gasteiger partial charge is 0.325 e. The highest BCUT2D eigenvalue weighted by Crippen LogP contribution is 2.35. The van der Waals surface area contributed by atoms with Crippen molar-refractivity contribution in [1.82, 2.24) is 0 Å². The van der Waals surface area contributed by atoms with Gasteiger partial charge in [0.1, 0.15) is 4.38 Å². The first-order valence-electron chi connectivity index (χ1n) is 7.54. The van der Waals surface area contributed by atoms with E-state index in [1.165, 1.54) is 41.6 Å². The van der Waals surface area contributed by atoms with Crippen molar-refractivity contribution in [2.24, 2.45) is 4.99 Å². The monoisotopic (exact) mass is 373 g/mol. The molecule has 128 valence electrons. The summed E-state index contributed by atoms with van der Waals surface area (Å²) in [7, 11) is 0. The quantitative estimate of drug-likeness (QED) is 0.626. The molecule has 1 heterocycles. The molecule has 1 aliphatic rings. The highest BCUT2D eigenvalue weighted by Gasteiger charge is 2.20. The standard InChI is InChI=1S/C17H15N3O3S2/c1-11(16(21)18-13-6-8-14(9-7-13)20(22)23)25-17-19-15-5-3-2-4-12(15)10-24-17/h2-9,11H,10H2,1H3,(H,18,21). The van der Waals surface area contributed by atoms with Gasteiger partial charge in [-0.2, -0.15) is 0 Å². The summed E-state index contributed by atoms with van der Waals surface area (Å²) in [6.07, 6.45) is 0. The lowest BCUT2D eigenvalue weighted by molar-refractivity contribution is -0.384. The third kappa shape index (κ3) is 4.40. The maximum atomic E-state index is 12.3. The van der Waals surface area contributed by atoms with E-state index in [4.69, 9.17) is 0 Å². The second kappa shape index (κ2) is 7.71. The van der Waals surface area contributed by atoms with E-state index < -0.39 is 4.92 Å². The lowest BCUT2D eigenvalue weighted by Crippen LogP contribution is -2.23. The molecule has 0 aliphatic carbocycles. The smallest absolute Gasteiger partial charge is 0.269 e. The Labute approximate surface area is 153 Å². The van der Waals surface area contributed by atoms with Gasteiger partial charge in [0.15, 0.2) is 0 Å². The van der Waals surface area contributed by atoms with Gasteiger partial charge in [-0.05, 0) is 30.7 Å². The van der Waals surface area contributed by atoms with Crippen LogP contribution in [0.15, 0.2) is 53.5 Å². The summed E-state index contributed by atoms with van der Waals surface area (Å²) in [4.78, 5) is 27.1. The number of anilines is 1. The molecule has 0 fully saturated rings. The summed E-state index contributed by atoms with van der Waals surface area (Å²) in [5.41, 5.74) is 2.67. The number of carbonyl (C=O) groups excluding carboxylic acids is 1. The zero-order valence-electron chi connectivity index (χ0n) is 13.3. The van der Waals surface area contributed by atoms with Crippen LogP contribution in [-0.2, 0) is 10.5 Å². The number of hydrogen-bond donors (Lipinski definition) is 1. The Bertz CT molecular complexity index is 837. The number of nitrogens with one attached hydrogen (secondary N) is 1. The van der Waals surface area contributed by atoms with Gasteiger partial charge in [0.25, 0.3) is 5.69 Å². The molecular formula is C17H15N3O3S2. The van der Waals surface area contributed by atoms with Crippen LogP contribution in [0.5, 0.6) is 0 Å². The molecule has 1 atom stereocenters. The number of nitrogens with zero attached hydrogens (tertiary/aromatic N) is 2. The number of aliphatic imine (C=N–C) groups is 1. The molecule has 1 unspecified atom stereocenters. The molecule has 8 heteroatoms. The maximum absolute atomic E-state index is 12.3. The van der Waals surface area contributed by atoms with Crippen LogP contribution in [0.1, 0.15) is 12.5 Å². The van der Waals surface area contributed by atoms with Gasteiger partial charge in [-0.3, -0.25) is 14.9 Å². The van der Waals surface area contributed by atoms with E-state index in [1.807, 2.05) is 25.1 Å². The molecular weight excluding hydrogens is 358 g/mol. The third-order valence-corrected chi connectivity index (χ3v) is 5.84. The Balaban J connectivity index is 1.61. The van der Waals surface area contributed by atoms with Gasteiger partial charge in [-0.25, -0.2) is 4.99 Å². The molecule has 0 spiro atoms. The van der Waals surface area contributed by atoms with E-state index in [-0.39, 0.29) is 16.8 Å². The Morgan fingerprint density at radius 2 is 2.00 bits per heavy atom. The first kappa shape index (κ1) is 17.5. The van der Waals surface area contributed by atoms with Gasteiger partial charge in [0.05, 0.1) is 15.9 Å². The lowest BCUT2D eigenvalue weighted by Gasteiger charge is -2.17. The van der Waals surface area contributed by atoms with Crippen LogP contribution < -0.4 is 5.32 Å². The third-order valence-electron chi connectivity index (χ3n) is 3.55. The molecule has 0 bridgehead atoms. The first-order valence-corrected chi connectivity index (χ1v) is 9.41. The fraction of sp³-hybridized carbons (Fsp3) is 0.176. The van der Waals surface area contributed by atoms with Gasteiger partial charge in [0, 0.05) is 23.6 Å². The topological polar surface area (TPSA) is 84.6 Å². The van der Waals surface area contributed by atoms with E-state index in [9.17, 15) is 14.9 Å². The van der Waals surface area contributed by atoms with Crippen LogP contribution >= 0.6 is 23.5 Å². The number of thioether (sulfide) groups is 2.